The van der Waals surface area contributed by atoms with Gasteiger partial charge in [0.05, 0.1) is 0 Å². The van der Waals surface area contributed by atoms with Crippen LogP contribution in [0.25, 0.3) is 0 Å². The van der Waals surface area contributed by atoms with Gasteiger partial charge in [0.1, 0.15) is 17.6 Å². The number of rotatable bonds is 11. The number of ether oxygens (including phenoxy) is 1. The molecule has 0 aliphatic heterocycles. The molecule has 3 aromatic rings. The van der Waals surface area contributed by atoms with Crippen molar-refractivity contribution in [1.82, 2.24) is 10.2 Å². The zero-order chi connectivity index (χ0) is 26.1. The predicted molar refractivity (Wildman–Crippen MR) is 140 cm³/mol. The van der Waals surface area contributed by atoms with Gasteiger partial charge in [-0.15, -0.1) is 0 Å². The molecule has 0 aliphatic rings. The van der Waals surface area contributed by atoms with Crippen LogP contribution in [0.1, 0.15) is 37.0 Å². The van der Waals surface area contributed by atoms with Crippen LogP contribution in [-0.2, 0) is 22.6 Å². The van der Waals surface area contributed by atoms with Crippen LogP contribution in [0.3, 0.4) is 0 Å². The summed E-state index contributed by atoms with van der Waals surface area (Å²) in [6.45, 7) is 5.64. The Balaban J connectivity index is 1.90. The third kappa shape index (κ3) is 7.82. The Kier molecular flexibility index (Phi) is 9.88. The molecule has 3 aromatic carbocycles. The molecule has 7 heteroatoms. The second-order valence-electron chi connectivity index (χ2n) is 8.87. The monoisotopic (exact) mass is 510 g/mol. The molecule has 36 heavy (non-hydrogen) atoms. The maximum Gasteiger partial charge on any atom is 0.261 e. The summed E-state index contributed by atoms with van der Waals surface area (Å²) in [5.74, 6) is -0.456. The summed E-state index contributed by atoms with van der Waals surface area (Å²) < 4.78 is 19.3. The van der Waals surface area contributed by atoms with Crippen molar-refractivity contribution in [3.8, 4) is 5.75 Å². The van der Waals surface area contributed by atoms with Gasteiger partial charge in [-0.25, -0.2) is 4.39 Å². The number of aryl methyl sites for hydroxylation is 1. The molecule has 2 amide bonds. The van der Waals surface area contributed by atoms with Gasteiger partial charge < -0.3 is 15.0 Å². The lowest BCUT2D eigenvalue weighted by atomic mass is 10.0. The van der Waals surface area contributed by atoms with E-state index in [1.54, 1.807) is 30.3 Å². The fourth-order valence-electron chi connectivity index (χ4n) is 3.72. The van der Waals surface area contributed by atoms with Crippen molar-refractivity contribution in [2.24, 2.45) is 0 Å². The van der Waals surface area contributed by atoms with Gasteiger partial charge in [-0.05, 0) is 67.3 Å². The van der Waals surface area contributed by atoms with Gasteiger partial charge in [-0.1, -0.05) is 61.0 Å². The van der Waals surface area contributed by atoms with Gasteiger partial charge in [0.25, 0.3) is 5.91 Å². The average Bonchev–Trinajstić information content (AvgIpc) is 2.88. The van der Waals surface area contributed by atoms with E-state index in [1.807, 2.05) is 51.1 Å². The second-order valence-corrected chi connectivity index (χ2v) is 9.28. The summed E-state index contributed by atoms with van der Waals surface area (Å²) in [4.78, 5) is 28.5. The van der Waals surface area contributed by atoms with Crippen molar-refractivity contribution in [2.75, 3.05) is 6.61 Å². The van der Waals surface area contributed by atoms with Crippen LogP contribution >= 0.6 is 11.6 Å². The summed E-state index contributed by atoms with van der Waals surface area (Å²) in [6.07, 6.45) is 1.09. The molecular formula is C29H32ClFN2O3. The SMILES string of the molecule is CC[C@@H](C)NC(=O)[C@H](Cc1ccccc1)N(Cc1ccc(F)cc1)C(=O)COc1ccc(Cl)c(C)c1. The van der Waals surface area contributed by atoms with Gasteiger partial charge in [0.15, 0.2) is 6.61 Å². The fourth-order valence-corrected chi connectivity index (χ4v) is 3.83. The quantitative estimate of drug-likeness (QED) is 0.359. The average molecular weight is 511 g/mol. The topological polar surface area (TPSA) is 58.6 Å². The highest BCUT2D eigenvalue weighted by atomic mass is 35.5. The summed E-state index contributed by atoms with van der Waals surface area (Å²) in [6, 6.07) is 19.8. The number of amides is 2. The zero-order valence-electron chi connectivity index (χ0n) is 20.8. The number of halogens is 2. The first kappa shape index (κ1) is 27.2. The molecule has 0 heterocycles. The highest BCUT2D eigenvalue weighted by molar-refractivity contribution is 6.31. The second kappa shape index (κ2) is 13.1. The van der Waals surface area contributed by atoms with Crippen molar-refractivity contribution in [3.63, 3.8) is 0 Å². The van der Waals surface area contributed by atoms with Crippen LogP contribution < -0.4 is 10.1 Å². The first-order valence-corrected chi connectivity index (χ1v) is 12.4. The molecule has 0 aromatic heterocycles. The van der Waals surface area contributed by atoms with Crippen molar-refractivity contribution in [3.05, 3.63) is 100 Å². The van der Waals surface area contributed by atoms with Crippen LogP contribution in [-0.4, -0.2) is 35.4 Å². The van der Waals surface area contributed by atoms with E-state index in [0.29, 0.717) is 22.8 Å². The molecule has 5 nitrogen and oxygen atoms in total. The van der Waals surface area contributed by atoms with Crippen molar-refractivity contribution < 1.29 is 18.7 Å². The first-order valence-electron chi connectivity index (χ1n) is 12.0. The summed E-state index contributed by atoms with van der Waals surface area (Å²) in [7, 11) is 0. The Labute approximate surface area is 217 Å². The number of benzene rings is 3. The molecule has 0 unspecified atom stereocenters. The molecule has 0 spiro atoms. The van der Waals surface area contributed by atoms with E-state index in [0.717, 1.165) is 17.5 Å². The molecule has 0 radical (unpaired) electrons. The number of nitrogens with zero attached hydrogens (tertiary/aromatic N) is 1. The van der Waals surface area contributed by atoms with E-state index in [4.69, 9.17) is 16.3 Å². The minimum absolute atomic E-state index is 0.0492. The molecule has 0 saturated carbocycles. The van der Waals surface area contributed by atoms with Crippen molar-refractivity contribution in [2.45, 2.75) is 52.2 Å². The van der Waals surface area contributed by atoms with Crippen LogP contribution in [0.15, 0.2) is 72.8 Å². The predicted octanol–water partition coefficient (Wildman–Crippen LogP) is 5.72. The van der Waals surface area contributed by atoms with Crippen molar-refractivity contribution in [1.29, 1.82) is 0 Å². The van der Waals surface area contributed by atoms with E-state index in [1.165, 1.54) is 17.0 Å². The molecule has 3 rings (SSSR count). The summed E-state index contributed by atoms with van der Waals surface area (Å²) in [5.41, 5.74) is 2.47. The van der Waals surface area contributed by atoms with E-state index < -0.39 is 6.04 Å². The first-order chi connectivity index (χ1) is 17.3. The third-order valence-corrected chi connectivity index (χ3v) is 6.45. The lowest BCUT2D eigenvalue weighted by Gasteiger charge is -2.32. The largest absolute Gasteiger partial charge is 0.484 e. The smallest absolute Gasteiger partial charge is 0.261 e. The Morgan fingerprint density at radius 1 is 1.03 bits per heavy atom. The normalized spacial score (nSPS) is 12.5. The number of carbonyl (C=O) groups excluding carboxylic acids is 2. The summed E-state index contributed by atoms with van der Waals surface area (Å²) >= 11 is 6.10. The Bertz CT molecular complexity index is 1150. The van der Waals surface area contributed by atoms with Crippen LogP contribution in [0, 0.1) is 12.7 Å². The fraction of sp³-hybridized carbons (Fsp3) is 0.310. The standard InChI is InChI=1S/C29H32ClFN2O3/c1-4-21(3)32-29(35)27(17-22-8-6-5-7-9-22)33(18-23-10-12-24(31)13-11-23)28(34)19-36-25-14-15-26(30)20(2)16-25/h5-16,21,27H,4,17-19H2,1-3H3,(H,32,35)/t21-,27+/m1/s1. The minimum Gasteiger partial charge on any atom is -0.484 e. The van der Waals surface area contributed by atoms with Gasteiger partial charge in [0.2, 0.25) is 5.91 Å². The number of hydrogen-bond donors (Lipinski definition) is 1. The maximum atomic E-state index is 13.6. The lowest BCUT2D eigenvalue weighted by Crippen LogP contribution is -2.53. The Morgan fingerprint density at radius 3 is 2.36 bits per heavy atom. The van der Waals surface area contributed by atoms with Crippen LogP contribution in [0.5, 0.6) is 5.75 Å². The molecule has 190 valence electrons. The molecule has 1 N–H and O–H groups in total. The van der Waals surface area contributed by atoms with Crippen LogP contribution in [0.4, 0.5) is 4.39 Å². The number of nitrogens with one attached hydrogen (secondary N) is 1. The van der Waals surface area contributed by atoms with Gasteiger partial charge in [-0.2, -0.15) is 0 Å². The summed E-state index contributed by atoms with van der Waals surface area (Å²) in [5, 5.41) is 3.63. The Morgan fingerprint density at radius 2 is 1.72 bits per heavy atom. The number of hydrogen-bond acceptors (Lipinski definition) is 3. The highest BCUT2D eigenvalue weighted by Crippen LogP contribution is 2.22. The molecule has 0 aliphatic carbocycles. The van der Waals surface area contributed by atoms with E-state index in [9.17, 15) is 14.0 Å². The van der Waals surface area contributed by atoms with E-state index in [-0.39, 0.29) is 36.8 Å². The van der Waals surface area contributed by atoms with E-state index >= 15 is 0 Å². The van der Waals surface area contributed by atoms with E-state index in [2.05, 4.69) is 5.32 Å². The van der Waals surface area contributed by atoms with Crippen molar-refractivity contribution >= 4 is 23.4 Å². The number of carbonyl (C=O) groups is 2. The molecule has 2 atom stereocenters. The lowest BCUT2D eigenvalue weighted by molar-refractivity contribution is -0.143. The third-order valence-electron chi connectivity index (χ3n) is 6.03. The highest BCUT2D eigenvalue weighted by Gasteiger charge is 2.31. The molecule has 0 fully saturated rings. The molecular weight excluding hydrogens is 479 g/mol. The van der Waals surface area contributed by atoms with Gasteiger partial charge in [0, 0.05) is 24.0 Å². The van der Waals surface area contributed by atoms with Gasteiger partial charge in [-0.3, -0.25) is 9.59 Å². The Hall–Kier alpha value is -3.38. The van der Waals surface area contributed by atoms with Gasteiger partial charge >= 0.3 is 0 Å². The zero-order valence-corrected chi connectivity index (χ0v) is 21.6. The van der Waals surface area contributed by atoms with Crippen LogP contribution in [0.2, 0.25) is 5.02 Å². The molecule has 0 saturated heterocycles. The molecule has 0 bridgehead atoms. The minimum atomic E-state index is -0.783. The maximum absolute atomic E-state index is 13.6.